The highest BCUT2D eigenvalue weighted by atomic mass is 16.5. The predicted octanol–water partition coefficient (Wildman–Crippen LogP) is 3.55. The third-order valence-corrected chi connectivity index (χ3v) is 5.61. The van der Waals surface area contributed by atoms with Gasteiger partial charge in [-0.3, -0.25) is 0 Å². The molecule has 0 unspecified atom stereocenters. The van der Waals surface area contributed by atoms with Crippen molar-refractivity contribution >= 4 is 0 Å². The van der Waals surface area contributed by atoms with Gasteiger partial charge in [0.2, 0.25) is 0 Å². The van der Waals surface area contributed by atoms with Gasteiger partial charge in [0.25, 0.3) is 0 Å². The number of aliphatic hydroxyl groups is 1. The molecule has 0 spiro atoms. The van der Waals surface area contributed by atoms with Crippen molar-refractivity contribution in [2.24, 2.45) is 7.05 Å². The maximum atomic E-state index is 10.6. The third kappa shape index (κ3) is 4.75. The number of aryl methyl sites for hydroxylation is 2. The van der Waals surface area contributed by atoms with Crippen LogP contribution < -0.4 is 5.32 Å². The first-order valence-electron chi connectivity index (χ1n) is 10.4. The molecule has 4 rings (SSSR count). The van der Waals surface area contributed by atoms with Gasteiger partial charge in [-0.25, -0.2) is 4.98 Å². The standard InChI is InChI=1S/C24H29N3O2/c1-27-15-14-25-24(27)23(19-9-3-2-4-10-19)26-16-20(28)17-29-22-13-7-11-18-8-5-6-12-21(18)22/h2-6,8-10,12,14-15,20,22-23,26,28H,7,11,13,16-17H2,1H3/t20-,22-,23+/m0/s1. The van der Waals surface area contributed by atoms with Gasteiger partial charge < -0.3 is 19.7 Å². The van der Waals surface area contributed by atoms with Gasteiger partial charge in [0.1, 0.15) is 5.82 Å². The number of aliphatic hydroxyl groups excluding tert-OH is 1. The van der Waals surface area contributed by atoms with Crippen molar-refractivity contribution in [1.82, 2.24) is 14.9 Å². The van der Waals surface area contributed by atoms with E-state index in [-0.39, 0.29) is 12.1 Å². The van der Waals surface area contributed by atoms with Crippen molar-refractivity contribution in [3.05, 3.63) is 89.5 Å². The van der Waals surface area contributed by atoms with E-state index in [9.17, 15) is 5.11 Å². The molecule has 3 atom stereocenters. The van der Waals surface area contributed by atoms with Crippen LogP contribution in [0.3, 0.4) is 0 Å². The van der Waals surface area contributed by atoms with Gasteiger partial charge in [0.05, 0.1) is 24.9 Å². The molecular weight excluding hydrogens is 362 g/mol. The summed E-state index contributed by atoms with van der Waals surface area (Å²) < 4.78 is 8.12. The Morgan fingerprint density at radius 2 is 1.97 bits per heavy atom. The van der Waals surface area contributed by atoms with E-state index in [1.54, 1.807) is 6.20 Å². The van der Waals surface area contributed by atoms with Crippen LogP contribution in [-0.4, -0.2) is 33.9 Å². The van der Waals surface area contributed by atoms with Crippen LogP contribution in [0, 0.1) is 0 Å². The van der Waals surface area contributed by atoms with E-state index < -0.39 is 6.10 Å². The van der Waals surface area contributed by atoms with E-state index in [4.69, 9.17) is 4.74 Å². The van der Waals surface area contributed by atoms with Gasteiger partial charge >= 0.3 is 0 Å². The lowest BCUT2D eigenvalue weighted by atomic mass is 9.89. The summed E-state index contributed by atoms with van der Waals surface area (Å²) >= 11 is 0. The maximum Gasteiger partial charge on any atom is 0.130 e. The molecule has 2 N–H and O–H groups in total. The highest BCUT2D eigenvalue weighted by Gasteiger charge is 2.22. The summed E-state index contributed by atoms with van der Waals surface area (Å²) in [7, 11) is 1.99. The first-order valence-corrected chi connectivity index (χ1v) is 10.4. The Morgan fingerprint density at radius 1 is 1.17 bits per heavy atom. The fourth-order valence-corrected chi connectivity index (χ4v) is 4.08. The number of nitrogens with one attached hydrogen (secondary N) is 1. The number of ether oxygens (including phenoxy) is 1. The molecule has 0 bridgehead atoms. The Labute approximate surface area is 172 Å². The van der Waals surface area contributed by atoms with Crippen molar-refractivity contribution in [3.63, 3.8) is 0 Å². The van der Waals surface area contributed by atoms with Gasteiger partial charge in [0.15, 0.2) is 0 Å². The second kappa shape index (κ2) is 9.35. The second-order valence-electron chi connectivity index (χ2n) is 7.72. The smallest absolute Gasteiger partial charge is 0.130 e. The van der Waals surface area contributed by atoms with E-state index in [0.717, 1.165) is 30.7 Å². The SMILES string of the molecule is Cn1ccnc1[C@H](NC[C@H](O)CO[C@H]1CCCc2ccccc21)c1ccccc1. The number of fused-ring (bicyclic) bond motifs is 1. The molecular formula is C24H29N3O2. The van der Waals surface area contributed by atoms with Gasteiger partial charge in [-0.1, -0.05) is 54.6 Å². The number of rotatable bonds is 8. The normalized spacial score (nSPS) is 18.2. The molecule has 1 aliphatic rings. The van der Waals surface area contributed by atoms with E-state index in [0.29, 0.717) is 13.2 Å². The summed E-state index contributed by atoms with van der Waals surface area (Å²) in [4.78, 5) is 4.50. The average Bonchev–Trinajstić information content (AvgIpc) is 3.19. The lowest BCUT2D eigenvalue weighted by Gasteiger charge is -2.27. The van der Waals surface area contributed by atoms with E-state index in [1.165, 1.54) is 11.1 Å². The molecule has 5 nitrogen and oxygen atoms in total. The number of hydrogen-bond acceptors (Lipinski definition) is 4. The molecule has 1 aliphatic carbocycles. The molecule has 0 aliphatic heterocycles. The zero-order valence-corrected chi connectivity index (χ0v) is 16.9. The zero-order chi connectivity index (χ0) is 20.1. The van der Waals surface area contributed by atoms with Gasteiger partial charge in [-0.2, -0.15) is 0 Å². The van der Waals surface area contributed by atoms with Crippen molar-refractivity contribution in [1.29, 1.82) is 0 Å². The average molecular weight is 392 g/mol. The van der Waals surface area contributed by atoms with E-state index in [2.05, 4.69) is 46.7 Å². The Bertz CT molecular complexity index is 909. The van der Waals surface area contributed by atoms with Crippen molar-refractivity contribution < 1.29 is 9.84 Å². The summed E-state index contributed by atoms with van der Waals surface area (Å²) in [6, 6.07) is 18.6. The van der Waals surface area contributed by atoms with Crippen LogP contribution in [0.15, 0.2) is 67.0 Å². The fourth-order valence-electron chi connectivity index (χ4n) is 4.08. The zero-order valence-electron chi connectivity index (χ0n) is 16.9. The number of hydrogen-bond donors (Lipinski definition) is 2. The molecule has 3 aromatic rings. The highest BCUT2D eigenvalue weighted by molar-refractivity contribution is 5.31. The molecule has 0 saturated carbocycles. The van der Waals surface area contributed by atoms with Gasteiger partial charge in [-0.15, -0.1) is 0 Å². The molecule has 0 fully saturated rings. The van der Waals surface area contributed by atoms with Crippen LogP contribution in [0.2, 0.25) is 0 Å². The molecule has 0 amide bonds. The molecule has 1 aromatic heterocycles. The summed E-state index contributed by atoms with van der Waals surface area (Å²) in [5.41, 5.74) is 3.76. The Balaban J connectivity index is 1.37. The number of aromatic nitrogens is 2. The molecule has 1 heterocycles. The van der Waals surface area contributed by atoms with Gasteiger partial charge in [0, 0.05) is 26.0 Å². The quantitative estimate of drug-likeness (QED) is 0.617. The monoisotopic (exact) mass is 391 g/mol. The van der Waals surface area contributed by atoms with Crippen LogP contribution >= 0.6 is 0 Å². The Hall–Kier alpha value is -2.47. The summed E-state index contributed by atoms with van der Waals surface area (Å²) in [6.45, 7) is 0.745. The third-order valence-electron chi connectivity index (χ3n) is 5.61. The first kappa shape index (κ1) is 19.8. The lowest BCUT2D eigenvalue weighted by molar-refractivity contribution is -0.0172. The van der Waals surface area contributed by atoms with Crippen molar-refractivity contribution in [2.45, 2.75) is 37.5 Å². The molecule has 5 heteroatoms. The van der Waals surface area contributed by atoms with Crippen LogP contribution in [0.1, 0.15) is 47.5 Å². The Kier molecular flexibility index (Phi) is 6.39. The molecule has 152 valence electrons. The van der Waals surface area contributed by atoms with Crippen LogP contribution in [-0.2, 0) is 18.2 Å². The largest absolute Gasteiger partial charge is 0.389 e. The van der Waals surface area contributed by atoms with Crippen molar-refractivity contribution in [2.75, 3.05) is 13.2 Å². The maximum absolute atomic E-state index is 10.6. The van der Waals surface area contributed by atoms with Crippen molar-refractivity contribution in [3.8, 4) is 0 Å². The number of imidazole rings is 1. The highest BCUT2D eigenvalue weighted by Crippen LogP contribution is 2.32. The first-order chi connectivity index (χ1) is 14.2. The van der Waals surface area contributed by atoms with Crippen LogP contribution in [0.4, 0.5) is 0 Å². The minimum Gasteiger partial charge on any atom is -0.389 e. The lowest BCUT2D eigenvalue weighted by Crippen LogP contribution is -2.35. The van der Waals surface area contributed by atoms with Gasteiger partial charge in [-0.05, 0) is 36.0 Å². The number of benzene rings is 2. The van der Waals surface area contributed by atoms with E-state index in [1.807, 2.05) is 36.0 Å². The predicted molar refractivity (Wildman–Crippen MR) is 114 cm³/mol. The molecule has 0 radical (unpaired) electrons. The Morgan fingerprint density at radius 3 is 2.76 bits per heavy atom. The topological polar surface area (TPSA) is 59.3 Å². The number of nitrogens with zero attached hydrogens (tertiary/aromatic N) is 2. The van der Waals surface area contributed by atoms with E-state index >= 15 is 0 Å². The molecule has 2 aromatic carbocycles. The molecule has 0 saturated heterocycles. The minimum absolute atomic E-state index is 0.0778. The molecule has 29 heavy (non-hydrogen) atoms. The summed E-state index contributed by atoms with van der Waals surface area (Å²) in [5, 5.41) is 14.0. The summed E-state index contributed by atoms with van der Waals surface area (Å²) in [6.07, 6.45) is 6.48. The summed E-state index contributed by atoms with van der Waals surface area (Å²) in [5.74, 6) is 0.922. The van der Waals surface area contributed by atoms with Crippen LogP contribution in [0.25, 0.3) is 0 Å². The fraction of sp³-hybridized carbons (Fsp3) is 0.375. The second-order valence-corrected chi connectivity index (χ2v) is 7.72. The minimum atomic E-state index is -0.587. The van der Waals surface area contributed by atoms with Crippen LogP contribution in [0.5, 0.6) is 0 Å².